The van der Waals surface area contributed by atoms with Gasteiger partial charge in [0.15, 0.2) is 0 Å². The molecule has 2 bridgehead atoms. The van der Waals surface area contributed by atoms with E-state index in [1.54, 1.807) is 7.11 Å². The molecule has 0 aromatic heterocycles. The minimum atomic E-state index is -0.106. The number of carbonyl (C=O) groups excluding carboxylic acids is 1. The van der Waals surface area contributed by atoms with Crippen LogP contribution >= 0.6 is 0 Å². The fourth-order valence-corrected chi connectivity index (χ4v) is 3.46. The zero-order chi connectivity index (χ0) is 13.2. The van der Waals surface area contributed by atoms with Gasteiger partial charge in [0.2, 0.25) is 0 Å². The predicted molar refractivity (Wildman–Crippen MR) is 74.4 cm³/mol. The number of benzene rings is 1. The Morgan fingerprint density at radius 1 is 1.32 bits per heavy atom. The molecule has 3 rings (SSSR count). The zero-order valence-electron chi connectivity index (χ0n) is 11.2. The Balaban J connectivity index is 1.56. The Hall–Kier alpha value is -1.71. The van der Waals surface area contributed by atoms with Crippen molar-refractivity contribution >= 4 is 11.7 Å². The van der Waals surface area contributed by atoms with Crippen molar-refractivity contribution in [3.8, 4) is 5.75 Å². The van der Waals surface area contributed by atoms with Crippen molar-refractivity contribution in [2.45, 2.75) is 31.7 Å². The molecular formula is C15H20N2O2. The van der Waals surface area contributed by atoms with Gasteiger partial charge in [-0.1, -0.05) is 12.5 Å². The molecule has 0 saturated heterocycles. The van der Waals surface area contributed by atoms with Crippen LogP contribution in [0.25, 0.3) is 0 Å². The highest BCUT2D eigenvalue weighted by molar-refractivity contribution is 5.89. The summed E-state index contributed by atoms with van der Waals surface area (Å²) in [5.74, 6) is 2.28. The van der Waals surface area contributed by atoms with Gasteiger partial charge < -0.3 is 15.4 Å². The van der Waals surface area contributed by atoms with Crippen LogP contribution in [0.2, 0.25) is 0 Å². The smallest absolute Gasteiger partial charge is 0.319 e. The van der Waals surface area contributed by atoms with E-state index in [9.17, 15) is 4.79 Å². The lowest BCUT2D eigenvalue weighted by atomic mass is 9.95. The minimum Gasteiger partial charge on any atom is -0.497 e. The van der Waals surface area contributed by atoms with Gasteiger partial charge in [0, 0.05) is 17.8 Å². The van der Waals surface area contributed by atoms with Crippen LogP contribution in [-0.2, 0) is 0 Å². The van der Waals surface area contributed by atoms with Crippen LogP contribution in [0.5, 0.6) is 5.75 Å². The highest BCUT2D eigenvalue weighted by Crippen LogP contribution is 2.44. The molecule has 1 aromatic carbocycles. The molecule has 102 valence electrons. The third-order valence-corrected chi connectivity index (χ3v) is 4.38. The number of amides is 2. The van der Waals surface area contributed by atoms with Crippen LogP contribution in [-0.4, -0.2) is 19.2 Å². The molecule has 2 N–H and O–H groups in total. The van der Waals surface area contributed by atoms with Gasteiger partial charge >= 0.3 is 6.03 Å². The average Bonchev–Trinajstić information content (AvgIpc) is 3.01. The molecule has 1 aromatic rings. The monoisotopic (exact) mass is 260 g/mol. The summed E-state index contributed by atoms with van der Waals surface area (Å²) < 4.78 is 5.14. The van der Waals surface area contributed by atoms with Gasteiger partial charge in [-0.05, 0) is 43.2 Å². The van der Waals surface area contributed by atoms with Crippen LogP contribution in [0.15, 0.2) is 24.3 Å². The molecule has 0 spiro atoms. The van der Waals surface area contributed by atoms with Crippen molar-refractivity contribution in [3.05, 3.63) is 24.3 Å². The van der Waals surface area contributed by atoms with E-state index < -0.39 is 0 Å². The number of anilines is 1. The summed E-state index contributed by atoms with van der Waals surface area (Å²) >= 11 is 0. The second-order valence-electron chi connectivity index (χ2n) is 5.61. The van der Waals surface area contributed by atoms with Gasteiger partial charge in [0.1, 0.15) is 5.75 Å². The summed E-state index contributed by atoms with van der Waals surface area (Å²) in [4.78, 5) is 12.0. The summed E-state index contributed by atoms with van der Waals surface area (Å²) in [5.41, 5.74) is 0.764. The van der Waals surface area contributed by atoms with Crippen molar-refractivity contribution in [2.75, 3.05) is 12.4 Å². The highest BCUT2D eigenvalue weighted by Gasteiger charge is 2.40. The number of carbonyl (C=O) groups is 1. The van der Waals surface area contributed by atoms with E-state index in [0.717, 1.165) is 23.8 Å². The quantitative estimate of drug-likeness (QED) is 0.877. The van der Waals surface area contributed by atoms with Crippen molar-refractivity contribution < 1.29 is 9.53 Å². The molecule has 2 aliphatic carbocycles. The third-order valence-electron chi connectivity index (χ3n) is 4.38. The van der Waals surface area contributed by atoms with Crippen molar-refractivity contribution in [3.63, 3.8) is 0 Å². The van der Waals surface area contributed by atoms with Crippen LogP contribution in [0.3, 0.4) is 0 Å². The normalized spacial score (nSPS) is 28.2. The molecule has 4 heteroatoms. The topological polar surface area (TPSA) is 50.4 Å². The van der Waals surface area contributed by atoms with Gasteiger partial charge in [-0.2, -0.15) is 0 Å². The molecule has 0 unspecified atom stereocenters. The van der Waals surface area contributed by atoms with Crippen LogP contribution in [0.1, 0.15) is 25.7 Å². The van der Waals surface area contributed by atoms with E-state index in [1.807, 2.05) is 24.3 Å². The fraction of sp³-hybridized carbons (Fsp3) is 0.533. The number of ether oxygens (including phenoxy) is 1. The lowest BCUT2D eigenvalue weighted by molar-refractivity contribution is 0.242. The Bertz CT molecular complexity index is 475. The van der Waals surface area contributed by atoms with E-state index in [-0.39, 0.29) is 6.03 Å². The van der Waals surface area contributed by atoms with Crippen LogP contribution < -0.4 is 15.4 Å². The Labute approximate surface area is 113 Å². The summed E-state index contributed by atoms with van der Waals surface area (Å²) in [5, 5.41) is 5.98. The summed E-state index contributed by atoms with van der Waals surface area (Å²) in [7, 11) is 1.62. The predicted octanol–water partition coefficient (Wildman–Crippen LogP) is 3.01. The Kier molecular flexibility index (Phi) is 3.32. The highest BCUT2D eigenvalue weighted by atomic mass is 16.5. The number of nitrogens with one attached hydrogen (secondary N) is 2. The lowest BCUT2D eigenvalue weighted by Crippen LogP contribution is -2.40. The molecule has 2 amide bonds. The van der Waals surface area contributed by atoms with Crippen molar-refractivity contribution in [1.82, 2.24) is 5.32 Å². The first-order valence-corrected chi connectivity index (χ1v) is 6.96. The standard InChI is InChI=1S/C15H20N2O2/c1-19-13-4-2-3-12(9-13)16-15(18)17-14-8-10-5-6-11(14)7-10/h2-4,9-11,14H,5-8H2,1H3,(H2,16,17,18)/t10-,11-,14-/m1/s1. The van der Waals surface area contributed by atoms with Crippen LogP contribution in [0.4, 0.5) is 10.5 Å². The van der Waals surface area contributed by atoms with E-state index in [2.05, 4.69) is 10.6 Å². The lowest BCUT2D eigenvalue weighted by Gasteiger charge is -2.23. The van der Waals surface area contributed by atoms with Gasteiger partial charge in [-0.15, -0.1) is 0 Å². The molecule has 19 heavy (non-hydrogen) atoms. The average molecular weight is 260 g/mol. The Morgan fingerprint density at radius 3 is 2.89 bits per heavy atom. The maximum atomic E-state index is 12.0. The van der Waals surface area contributed by atoms with Crippen molar-refractivity contribution in [2.24, 2.45) is 11.8 Å². The number of urea groups is 1. The first kappa shape index (κ1) is 12.3. The molecule has 2 aliphatic rings. The number of fused-ring (bicyclic) bond motifs is 2. The van der Waals surface area contributed by atoms with E-state index in [1.165, 1.54) is 19.3 Å². The Morgan fingerprint density at radius 2 is 2.21 bits per heavy atom. The summed E-state index contributed by atoms with van der Waals surface area (Å²) in [6.45, 7) is 0. The summed E-state index contributed by atoms with van der Waals surface area (Å²) in [6, 6.07) is 7.67. The molecule has 0 heterocycles. The van der Waals surface area contributed by atoms with Crippen LogP contribution in [0, 0.1) is 11.8 Å². The fourth-order valence-electron chi connectivity index (χ4n) is 3.46. The molecular weight excluding hydrogens is 240 g/mol. The van der Waals surface area contributed by atoms with Gasteiger partial charge in [0.05, 0.1) is 7.11 Å². The molecule has 2 fully saturated rings. The second kappa shape index (κ2) is 5.11. The maximum absolute atomic E-state index is 12.0. The maximum Gasteiger partial charge on any atom is 0.319 e. The largest absolute Gasteiger partial charge is 0.497 e. The number of methoxy groups -OCH3 is 1. The number of rotatable bonds is 3. The molecule has 3 atom stereocenters. The summed E-state index contributed by atoms with van der Waals surface area (Å²) in [6.07, 6.45) is 5.06. The number of hydrogen-bond acceptors (Lipinski definition) is 2. The molecule has 0 radical (unpaired) electrons. The molecule has 2 saturated carbocycles. The zero-order valence-corrected chi connectivity index (χ0v) is 11.2. The van der Waals surface area contributed by atoms with E-state index in [0.29, 0.717) is 12.0 Å². The first-order chi connectivity index (χ1) is 9.24. The SMILES string of the molecule is COc1cccc(NC(=O)N[C@@H]2C[C@@H]3CC[C@@H]2C3)c1. The van der Waals surface area contributed by atoms with Gasteiger partial charge in [-0.25, -0.2) is 4.79 Å². The van der Waals surface area contributed by atoms with Gasteiger partial charge in [-0.3, -0.25) is 0 Å². The second-order valence-corrected chi connectivity index (χ2v) is 5.61. The third kappa shape index (κ3) is 2.67. The van der Waals surface area contributed by atoms with Crippen molar-refractivity contribution in [1.29, 1.82) is 0 Å². The minimum absolute atomic E-state index is 0.106. The van der Waals surface area contributed by atoms with E-state index in [4.69, 9.17) is 4.74 Å². The first-order valence-electron chi connectivity index (χ1n) is 6.96. The van der Waals surface area contributed by atoms with E-state index >= 15 is 0 Å². The number of hydrogen-bond donors (Lipinski definition) is 2. The molecule has 4 nitrogen and oxygen atoms in total. The van der Waals surface area contributed by atoms with Gasteiger partial charge in [0.25, 0.3) is 0 Å². The molecule has 0 aliphatic heterocycles.